The Morgan fingerprint density at radius 2 is 1.73 bits per heavy atom. The van der Waals surface area contributed by atoms with Crippen molar-refractivity contribution in [2.45, 2.75) is 0 Å². The Labute approximate surface area is 86.2 Å². The molecule has 0 radical (unpaired) electrons. The summed E-state index contributed by atoms with van der Waals surface area (Å²) in [5.74, 6) is 0. The highest BCUT2D eigenvalue weighted by Gasteiger charge is 2.02. The van der Waals surface area contributed by atoms with Gasteiger partial charge in [0.05, 0.1) is 5.35 Å². The maximum atomic E-state index is 8.80. The highest BCUT2D eigenvalue weighted by atomic mass is 14.7. The van der Waals surface area contributed by atoms with Crippen LogP contribution in [0.1, 0.15) is 0 Å². The Kier molecular flexibility index (Phi) is 2.00. The fourth-order valence-electron chi connectivity index (χ4n) is 1.58. The molecular formula is C12H7N3. The van der Waals surface area contributed by atoms with Crippen molar-refractivity contribution in [1.29, 1.82) is 10.5 Å². The first kappa shape index (κ1) is 9.05. The molecule has 2 rings (SSSR count). The number of H-pyrrole nitrogens is 1. The third-order valence-electron chi connectivity index (χ3n) is 2.27. The molecule has 0 amide bonds. The van der Waals surface area contributed by atoms with Crippen molar-refractivity contribution < 1.29 is 0 Å². The average molecular weight is 193 g/mol. The molecule has 0 saturated carbocycles. The monoisotopic (exact) mass is 193 g/mol. The van der Waals surface area contributed by atoms with Crippen LogP contribution in [-0.2, 0) is 0 Å². The Morgan fingerprint density at radius 1 is 1.13 bits per heavy atom. The predicted octanol–water partition coefficient (Wildman–Crippen LogP) is 0.776. The zero-order chi connectivity index (χ0) is 10.8. The lowest BCUT2D eigenvalue weighted by Gasteiger charge is -1.86. The summed E-state index contributed by atoms with van der Waals surface area (Å²) >= 11 is 0. The third kappa shape index (κ3) is 1.27. The van der Waals surface area contributed by atoms with Crippen molar-refractivity contribution in [3.05, 3.63) is 35.0 Å². The molecule has 3 heteroatoms. The van der Waals surface area contributed by atoms with Gasteiger partial charge in [-0.25, -0.2) is 0 Å². The summed E-state index contributed by atoms with van der Waals surface area (Å²) < 4.78 is 0. The molecule has 0 aliphatic heterocycles. The first-order valence-electron chi connectivity index (χ1n) is 4.38. The van der Waals surface area contributed by atoms with Gasteiger partial charge >= 0.3 is 0 Å². The number of hydrogen-bond donors (Lipinski definition) is 1. The number of rotatable bonds is 0. The number of hydrogen-bond acceptors (Lipinski definition) is 2. The smallest absolute Gasteiger partial charge is 0.153 e. The van der Waals surface area contributed by atoms with Gasteiger partial charge in [-0.15, -0.1) is 0 Å². The van der Waals surface area contributed by atoms with Crippen LogP contribution in [-0.4, -0.2) is 4.98 Å². The molecule has 1 aromatic heterocycles. The third-order valence-corrected chi connectivity index (χ3v) is 2.27. The maximum absolute atomic E-state index is 8.80. The lowest BCUT2D eigenvalue weighted by molar-refractivity contribution is 1.28. The topological polar surface area (TPSA) is 63.4 Å². The molecule has 0 bridgehead atoms. The molecule has 0 spiro atoms. The Hall–Kier alpha value is -2.52. The molecule has 0 fully saturated rings. The van der Waals surface area contributed by atoms with E-state index in [0.29, 0.717) is 5.35 Å². The first-order valence-corrected chi connectivity index (χ1v) is 4.38. The minimum Gasteiger partial charge on any atom is -0.353 e. The highest BCUT2D eigenvalue weighted by molar-refractivity contribution is 5.88. The van der Waals surface area contributed by atoms with E-state index >= 15 is 0 Å². The maximum Gasteiger partial charge on any atom is 0.153 e. The van der Waals surface area contributed by atoms with Crippen molar-refractivity contribution >= 4 is 22.9 Å². The van der Waals surface area contributed by atoms with Crippen LogP contribution in [0.4, 0.5) is 0 Å². The number of nitrogens with zero attached hydrogens (tertiary/aromatic N) is 2. The summed E-state index contributed by atoms with van der Waals surface area (Å²) in [7, 11) is 0. The fraction of sp³-hybridized carbons (Fsp3) is 0. The molecule has 1 heterocycles. The summed E-state index contributed by atoms with van der Waals surface area (Å²) in [6, 6.07) is 11.3. The molecule has 2 aromatic rings. The minimum atomic E-state index is 0.0844. The van der Waals surface area contributed by atoms with Gasteiger partial charge in [-0.2, -0.15) is 10.5 Å². The van der Waals surface area contributed by atoms with Crippen molar-refractivity contribution in [2.24, 2.45) is 0 Å². The second kappa shape index (κ2) is 3.32. The number of aromatic amines is 1. The van der Waals surface area contributed by atoms with E-state index in [1.807, 2.05) is 36.4 Å². The van der Waals surface area contributed by atoms with E-state index in [-0.39, 0.29) is 5.57 Å². The van der Waals surface area contributed by atoms with Crippen LogP contribution in [0, 0.1) is 22.7 Å². The lowest BCUT2D eigenvalue weighted by Crippen LogP contribution is -2.10. The Morgan fingerprint density at radius 3 is 2.33 bits per heavy atom. The second-order valence-electron chi connectivity index (χ2n) is 3.12. The number of aromatic nitrogens is 1. The SMILES string of the molecule is C=c1[nH]c(=C(C#N)C#N)c2ccccc12. The molecule has 15 heavy (non-hydrogen) atoms. The van der Waals surface area contributed by atoms with E-state index < -0.39 is 0 Å². The van der Waals surface area contributed by atoms with E-state index in [2.05, 4.69) is 11.6 Å². The number of nitriles is 2. The van der Waals surface area contributed by atoms with Crippen molar-refractivity contribution in [2.75, 3.05) is 0 Å². The average Bonchev–Trinajstić information content (AvgIpc) is 2.60. The molecule has 0 aliphatic carbocycles. The van der Waals surface area contributed by atoms with Crippen LogP contribution in [0.15, 0.2) is 24.3 Å². The number of nitrogens with one attached hydrogen (secondary N) is 1. The van der Waals surface area contributed by atoms with Gasteiger partial charge in [0.15, 0.2) is 5.57 Å². The highest BCUT2D eigenvalue weighted by Crippen LogP contribution is 2.04. The summed E-state index contributed by atoms with van der Waals surface area (Å²) in [6.45, 7) is 3.83. The van der Waals surface area contributed by atoms with Gasteiger partial charge in [0.2, 0.25) is 0 Å². The molecule has 1 N–H and O–H groups in total. The van der Waals surface area contributed by atoms with Crippen LogP contribution in [0.3, 0.4) is 0 Å². The molecule has 0 saturated heterocycles. The first-order chi connectivity index (χ1) is 7.27. The molecule has 0 unspecified atom stereocenters. The molecule has 0 atom stereocenters. The fourth-order valence-corrected chi connectivity index (χ4v) is 1.58. The largest absolute Gasteiger partial charge is 0.353 e. The van der Waals surface area contributed by atoms with E-state index in [0.717, 1.165) is 16.1 Å². The lowest BCUT2D eigenvalue weighted by atomic mass is 10.2. The van der Waals surface area contributed by atoms with E-state index in [4.69, 9.17) is 10.5 Å². The van der Waals surface area contributed by atoms with Gasteiger partial charge in [-0.1, -0.05) is 30.8 Å². The van der Waals surface area contributed by atoms with Gasteiger partial charge in [0.25, 0.3) is 0 Å². The molecule has 70 valence electrons. The zero-order valence-electron chi connectivity index (χ0n) is 7.91. The molecule has 3 nitrogen and oxygen atoms in total. The van der Waals surface area contributed by atoms with Gasteiger partial charge in [0.1, 0.15) is 12.1 Å². The van der Waals surface area contributed by atoms with Crippen LogP contribution < -0.4 is 10.7 Å². The van der Waals surface area contributed by atoms with Crippen molar-refractivity contribution in [1.82, 2.24) is 4.98 Å². The van der Waals surface area contributed by atoms with Gasteiger partial charge < -0.3 is 4.98 Å². The molecule has 0 aliphatic rings. The summed E-state index contributed by atoms with van der Waals surface area (Å²) in [5.41, 5.74) is 0.0844. The normalized spacial score (nSPS) is 9.47. The number of benzene rings is 1. The van der Waals surface area contributed by atoms with Crippen molar-refractivity contribution in [3.8, 4) is 12.1 Å². The summed E-state index contributed by atoms with van der Waals surface area (Å²) in [4.78, 5) is 2.96. The quantitative estimate of drug-likeness (QED) is 0.671. The number of fused-ring (bicyclic) bond motifs is 1. The van der Waals surface area contributed by atoms with Crippen molar-refractivity contribution in [3.63, 3.8) is 0 Å². The minimum absolute atomic E-state index is 0.0844. The molecule has 1 aromatic carbocycles. The van der Waals surface area contributed by atoms with Gasteiger partial charge in [0, 0.05) is 16.1 Å². The van der Waals surface area contributed by atoms with Crippen LogP contribution in [0.25, 0.3) is 22.9 Å². The summed E-state index contributed by atoms with van der Waals surface area (Å²) in [5, 5.41) is 20.7. The van der Waals surface area contributed by atoms with Crippen LogP contribution in [0.2, 0.25) is 0 Å². The van der Waals surface area contributed by atoms with E-state index in [9.17, 15) is 0 Å². The summed E-state index contributed by atoms with van der Waals surface area (Å²) in [6.07, 6.45) is 0. The van der Waals surface area contributed by atoms with Gasteiger partial charge in [-0.05, 0) is 0 Å². The molecular weight excluding hydrogens is 186 g/mol. The Balaban J connectivity index is 3.12. The second-order valence-corrected chi connectivity index (χ2v) is 3.12. The zero-order valence-corrected chi connectivity index (χ0v) is 7.91. The van der Waals surface area contributed by atoms with E-state index in [1.54, 1.807) is 0 Å². The van der Waals surface area contributed by atoms with Gasteiger partial charge in [-0.3, -0.25) is 0 Å². The van der Waals surface area contributed by atoms with Crippen LogP contribution >= 0.6 is 0 Å². The van der Waals surface area contributed by atoms with Crippen LogP contribution in [0.5, 0.6) is 0 Å². The standard InChI is InChI=1S/C12H7N3/c1-8-10-4-2-3-5-11(10)12(15-8)9(6-13)7-14/h2-5,15H,1H2. The van der Waals surface area contributed by atoms with E-state index in [1.165, 1.54) is 0 Å². The Bertz CT molecular complexity index is 692. The predicted molar refractivity (Wildman–Crippen MR) is 57.7 cm³/mol.